The zero-order chi connectivity index (χ0) is 26.7. The number of carbonyl (C=O) groups excluding carboxylic acids is 1. The van der Waals surface area contributed by atoms with Crippen LogP contribution in [0.1, 0.15) is 43.6 Å². The lowest BCUT2D eigenvalue weighted by Crippen LogP contribution is -2.21. The van der Waals surface area contributed by atoms with Gasteiger partial charge in [-0.3, -0.25) is 4.79 Å². The summed E-state index contributed by atoms with van der Waals surface area (Å²) in [6.45, 7) is 11.3. The first kappa shape index (κ1) is 25.8. The Morgan fingerprint density at radius 1 is 0.811 bits per heavy atom. The van der Waals surface area contributed by atoms with E-state index in [1.165, 1.54) is 6.08 Å². The summed E-state index contributed by atoms with van der Waals surface area (Å²) < 4.78 is 10.9. The van der Waals surface area contributed by atoms with Crippen molar-refractivity contribution in [3.05, 3.63) is 80.5 Å². The van der Waals surface area contributed by atoms with Crippen molar-refractivity contribution in [3.8, 4) is 5.75 Å². The number of rotatable bonds is 9. The molecule has 0 atom stereocenters. The second-order valence-corrected chi connectivity index (χ2v) is 8.55. The first-order valence-corrected chi connectivity index (χ1v) is 12.4. The SMILES string of the molecule is CCN(CC)c1ccc2cc(C=CC(=O)c3c(O)c4ccc(N(CC)CC)cc4oc3=O)c(=O)oc2c1. The lowest BCUT2D eigenvalue weighted by atomic mass is 10.1. The summed E-state index contributed by atoms with van der Waals surface area (Å²) in [4.78, 5) is 42.3. The van der Waals surface area contributed by atoms with Crippen LogP contribution < -0.4 is 21.1 Å². The molecule has 0 amide bonds. The molecule has 192 valence electrons. The van der Waals surface area contributed by atoms with Gasteiger partial charge < -0.3 is 23.7 Å². The number of benzene rings is 2. The zero-order valence-electron chi connectivity index (χ0n) is 21.4. The molecule has 4 aromatic rings. The molecule has 0 bridgehead atoms. The van der Waals surface area contributed by atoms with E-state index in [0.29, 0.717) is 11.0 Å². The molecule has 1 N–H and O–H groups in total. The molecule has 0 radical (unpaired) electrons. The molecule has 0 saturated heterocycles. The van der Waals surface area contributed by atoms with Crippen molar-refractivity contribution in [1.82, 2.24) is 0 Å². The van der Waals surface area contributed by atoms with Gasteiger partial charge in [-0.1, -0.05) is 0 Å². The molecule has 8 heteroatoms. The molecule has 2 aromatic carbocycles. The van der Waals surface area contributed by atoms with E-state index in [-0.39, 0.29) is 16.5 Å². The van der Waals surface area contributed by atoms with Crippen molar-refractivity contribution >= 4 is 45.2 Å². The Labute approximate surface area is 214 Å². The van der Waals surface area contributed by atoms with Crippen LogP contribution in [0.5, 0.6) is 5.75 Å². The Morgan fingerprint density at radius 2 is 1.38 bits per heavy atom. The van der Waals surface area contributed by atoms with Gasteiger partial charge in [0.1, 0.15) is 22.5 Å². The number of allylic oxidation sites excluding steroid dienone is 1. The molecule has 2 heterocycles. The lowest BCUT2D eigenvalue weighted by molar-refractivity contribution is 0.104. The highest BCUT2D eigenvalue weighted by molar-refractivity contribution is 6.10. The Hall–Kier alpha value is -4.33. The van der Waals surface area contributed by atoms with Crippen molar-refractivity contribution in [3.63, 3.8) is 0 Å². The van der Waals surface area contributed by atoms with Gasteiger partial charge in [0, 0.05) is 55.1 Å². The average molecular weight is 503 g/mol. The maximum Gasteiger partial charge on any atom is 0.351 e. The molecule has 0 spiro atoms. The fourth-order valence-electron chi connectivity index (χ4n) is 4.44. The number of fused-ring (bicyclic) bond motifs is 2. The Morgan fingerprint density at radius 3 is 2.00 bits per heavy atom. The monoisotopic (exact) mass is 502 g/mol. The minimum absolute atomic E-state index is 0.143. The van der Waals surface area contributed by atoms with Crippen LogP contribution in [0, 0.1) is 0 Å². The molecule has 0 aliphatic rings. The van der Waals surface area contributed by atoms with Crippen LogP contribution in [-0.2, 0) is 0 Å². The van der Waals surface area contributed by atoms with Gasteiger partial charge in [-0.25, -0.2) is 9.59 Å². The van der Waals surface area contributed by atoms with Gasteiger partial charge in [0.2, 0.25) is 0 Å². The second-order valence-electron chi connectivity index (χ2n) is 8.55. The fraction of sp³-hybridized carbons (Fsp3) is 0.276. The van der Waals surface area contributed by atoms with E-state index in [0.717, 1.165) is 43.6 Å². The maximum absolute atomic E-state index is 12.9. The van der Waals surface area contributed by atoms with E-state index >= 15 is 0 Å². The molecule has 0 aliphatic carbocycles. The molecular weight excluding hydrogens is 472 g/mol. The summed E-state index contributed by atoms with van der Waals surface area (Å²) in [5.41, 5.74) is 0.491. The van der Waals surface area contributed by atoms with Gasteiger partial charge in [-0.15, -0.1) is 0 Å². The third kappa shape index (κ3) is 5.00. The van der Waals surface area contributed by atoms with Crippen LogP contribution in [-0.4, -0.2) is 37.1 Å². The minimum atomic E-state index is -0.953. The quantitative estimate of drug-likeness (QED) is 0.189. The molecular formula is C29H30N2O6. The molecule has 0 saturated carbocycles. The molecule has 37 heavy (non-hydrogen) atoms. The van der Waals surface area contributed by atoms with E-state index < -0.39 is 28.3 Å². The zero-order valence-corrected chi connectivity index (χ0v) is 21.4. The summed E-state index contributed by atoms with van der Waals surface area (Å²) in [5.74, 6) is -1.24. The predicted octanol–water partition coefficient (Wildman–Crippen LogP) is 5.19. The Kier molecular flexibility index (Phi) is 7.47. The smallest absolute Gasteiger partial charge is 0.351 e. The number of nitrogens with zero attached hydrogens (tertiary/aromatic N) is 2. The maximum atomic E-state index is 12.9. The predicted molar refractivity (Wildman–Crippen MR) is 147 cm³/mol. The van der Waals surface area contributed by atoms with Crippen molar-refractivity contribution in [2.75, 3.05) is 36.0 Å². The highest BCUT2D eigenvalue weighted by Gasteiger charge is 2.20. The number of aromatic hydroxyl groups is 1. The Balaban J connectivity index is 1.67. The van der Waals surface area contributed by atoms with Gasteiger partial charge in [0.15, 0.2) is 5.78 Å². The van der Waals surface area contributed by atoms with E-state index in [2.05, 4.69) is 9.80 Å². The van der Waals surface area contributed by atoms with Gasteiger partial charge in [0.25, 0.3) is 0 Å². The van der Waals surface area contributed by atoms with E-state index in [4.69, 9.17) is 8.83 Å². The third-order valence-corrected chi connectivity index (χ3v) is 6.53. The van der Waals surface area contributed by atoms with Crippen LogP contribution in [0.3, 0.4) is 0 Å². The van der Waals surface area contributed by atoms with Crippen LogP contribution in [0.25, 0.3) is 28.0 Å². The summed E-state index contributed by atoms with van der Waals surface area (Å²) >= 11 is 0. The van der Waals surface area contributed by atoms with Gasteiger partial charge in [-0.2, -0.15) is 0 Å². The number of hydrogen-bond donors (Lipinski definition) is 1. The van der Waals surface area contributed by atoms with Crippen molar-refractivity contribution in [1.29, 1.82) is 0 Å². The summed E-state index contributed by atoms with van der Waals surface area (Å²) in [6.07, 6.45) is 2.34. The highest BCUT2D eigenvalue weighted by Crippen LogP contribution is 2.30. The first-order valence-electron chi connectivity index (χ1n) is 12.4. The fourth-order valence-corrected chi connectivity index (χ4v) is 4.44. The second kappa shape index (κ2) is 10.7. The Bertz CT molecular complexity index is 1610. The normalized spacial score (nSPS) is 11.5. The van der Waals surface area contributed by atoms with E-state index in [9.17, 15) is 19.5 Å². The molecule has 0 unspecified atom stereocenters. The van der Waals surface area contributed by atoms with Crippen LogP contribution in [0.2, 0.25) is 0 Å². The van der Waals surface area contributed by atoms with Crippen molar-refractivity contribution < 1.29 is 18.7 Å². The van der Waals surface area contributed by atoms with Crippen molar-refractivity contribution in [2.24, 2.45) is 0 Å². The number of ketones is 1. The third-order valence-electron chi connectivity index (χ3n) is 6.53. The summed E-state index contributed by atoms with van der Waals surface area (Å²) in [7, 11) is 0. The molecule has 8 nitrogen and oxygen atoms in total. The van der Waals surface area contributed by atoms with Crippen LogP contribution in [0.15, 0.2) is 67.0 Å². The van der Waals surface area contributed by atoms with Gasteiger partial charge in [-0.05, 0) is 70.2 Å². The lowest BCUT2D eigenvalue weighted by Gasteiger charge is -2.21. The van der Waals surface area contributed by atoms with Crippen LogP contribution >= 0.6 is 0 Å². The minimum Gasteiger partial charge on any atom is -0.506 e. The topological polar surface area (TPSA) is 104 Å². The summed E-state index contributed by atoms with van der Waals surface area (Å²) in [6, 6.07) is 12.3. The van der Waals surface area contributed by atoms with Gasteiger partial charge >= 0.3 is 11.3 Å². The number of hydrogen-bond acceptors (Lipinski definition) is 8. The number of carbonyl (C=O) groups is 1. The van der Waals surface area contributed by atoms with Crippen molar-refractivity contribution in [2.45, 2.75) is 27.7 Å². The first-order chi connectivity index (χ1) is 17.8. The van der Waals surface area contributed by atoms with E-state index in [1.54, 1.807) is 24.3 Å². The highest BCUT2D eigenvalue weighted by atomic mass is 16.4. The van der Waals surface area contributed by atoms with Crippen LogP contribution in [0.4, 0.5) is 11.4 Å². The van der Waals surface area contributed by atoms with Gasteiger partial charge in [0.05, 0.1) is 10.9 Å². The number of anilines is 2. The molecule has 0 fully saturated rings. The molecule has 2 aromatic heterocycles. The standard InChI is InChI=1S/C29H30N2O6/c1-5-30(6-2)20-11-9-18-15-19(28(34)36-24(18)16-20)10-14-23(32)26-27(33)22-13-12-21(31(7-3)8-4)17-25(22)37-29(26)35/h9-17,33H,5-8H2,1-4H3. The largest absolute Gasteiger partial charge is 0.506 e. The molecule has 0 aliphatic heterocycles. The molecule has 4 rings (SSSR count). The average Bonchev–Trinajstić information content (AvgIpc) is 2.88. The summed E-state index contributed by atoms with van der Waals surface area (Å²) in [5, 5.41) is 11.7. The van der Waals surface area contributed by atoms with E-state index in [1.807, 2.05) is 45.9 Å².